The average molecular weight is 291 g/mol. The molecule has 2 nitrogen and oxygen atoms in total. The SMILES string of the molecule is C=CC(=O)c1c#cc2nc3c(cc2c1)CC(C(C)(C)C)CC3. The zero-order valence-electron chi connectivity index (χ0n) is 13.5. The predicted octanol–water partition coefficient (Wildman–Crippen LogP) is 4.35. The summed E-state index contributed by atoms with van der Waals surface area (Å²) >= 11 is 0. The Balaban J connectivity index is 2.04. The number of carbonyl (C=O) groups is 1. The van der Waals surface area contributed by atoms with Gasteiger partial charge in [-0.05, 0) is 60.4 Å². The second kappa shape index (κ2) is 5.25. The number of nitrogens with zero attached hydrogens (tertiary/aromatic N) is 1. The van der Waals surface area contributed by atoms with E-state index in [1.54, 1.807) is 0 Å². The molecule has 0 fully saturated rings. The van der Waals surface area contributed by atoms with Crippen molar-refractivity contribution >= 4 is 16.7 Å². The molecule has 1 aliphatic carbocycles. The number of pyridine rings is 1. The molecule has 3 rings (SSSR count). The number of rotatable bonds is 2. The summed E-state index contributed by atoms with van der Waals surface area (Å²) in [6, 6.07) is 9.95. The lowest BCUT2D eigenvalue weighted by Gasteiger charge is -2.34. The van der Waals surface area contributed by atoms with E-state index in [0.717, 1.165) is 23.7 Å². The van der Waals surface area contributed by atoms with E-state index in [1.807, 2.05) is 6.07 Å². The van der Waals surface area contributed by atoms with E-state index < -0.39 is 0 Å². The normalized spacial score (nSPS) is 17.7. The first-order chi connectivity index (χ1) is 10.4. The maximum atomic E-state index is 11.7. The van der Waals surface area contributed by atoms with E-state index in [2.05, 4.69) is 45.5 Å². The van der Waals surface area contributed by atoms with Crippen LogP contribution in [0.5, 0.6) is 0 Å². The van der Waals surface area contributed by atoms with Crippen molar-refractivity contribution in [2.24, 2.45) is 11.3 Å². The molecule has 1 atom stereocenters. The van der Waals surface area contributed by atoms with Gasteiger partial charge in [0.15, 0.2) is 5.78 Å². The lowest BCUT2D eigenvalue weighted by atomic mass is 9.71. The third-order valence-electron chi connectivity index (χ3n) is 4.71. The highest BCUT2D eigenvalue weighted by molar-refractivity contribution is 6.05. The monoisotopic (exact) mass is 291 g/mol. The fourth-order valence-corrected chi connectivity index (χ4v) is 3.19. The van der Waals surface area contributed by atoms with Gasteiger partial charge in [-0.25, -0.2) is 4.98 Å². The zero-order chi connectivity index (χ0) is 15.9. The highest BCUT2D eigenvalue weighted by atomic mass is 16.1. The molecule has 2 heteroatoms. The second-order valence-electron chi connectivity index (χ2n) is 7.21. The molecule has 0 aliphatic heterocycles. The minimum atomic E-state index is -0.122. The van der Waals surface area contributed by atoms with Crippen LogP contribution in [0.4, 0.5) is 0 Å². The zero-order valence-corrected chi connectivity index (χ0v) is 13.5. The molecule has 0 saturated heterocycles. The summed E-state index contributed by atoms with van der Waals surface area (Å²) in [5, 5.41) is 0.970. The minimum Gasteiger partial charge on any atom is -0.289 e. The smallest absolute Gasteiger partial charge is 0.193 e. The first-order valence-corrected chi connectivity index (χ1v) is 7.82. The Labute approximate surface area is 132 Å². The van der Waals surface area contributed by atoms with E-state index in [9.17, 15) is 4.79 Å². The Hall–Kier alpha value is -2.14. The molecular formula is C20H21NO. The minimum absolute atomic E-state index is 0.122. The van der Waals surface area contributed by atoms with Gasteiger partial charge in [0.2, 0.25) is 0 Å². The summed E-state index contributed by atoms with van der Waals surface area (Å²) in [4.78, 5) is 16.5. The number of aromatic nitrogens is 1. The lowest BCUT2D eigenvalue weighted by Crippen LogP contribution is -2.27. The van der Waals surface area contributed by atoms with Crippen LogP contribution >= 0.6 is 0 Å². The first kappa shape index (κ1) is 14.8. The standard InChI is InChI=1S/C20H21NO/c1-5-19(22)13-6-8-17-14(10-13)11-15-12-16(20(2,3)4)7-9-18(15)21-17/h5,10-11,16H,1,7,9,12H2,2-4H3. The van der Waals surface area contributed by atoms with Crippen molar-refractivity contribution in [2.45, 2.75) is 40.0 Å². The van der Waals surface area contributed by atoms with Gasteiger partial charge in [-0.2, -0.15) is 0 Å². The van der Waals surface area contributed by atoms with Gasteiger partial charge in [-0.15, -0.1) is 0 Å². The van der Waals surface area contributed by atoms with Crippen molar-refractivity contribution in [1.82, 2.24) is 4.98 Å². The van der Waals surface area contributed by atoms with Crippen molar-refractivity contribution < 1.29 is 4.79 Å². The van der Waals surface area contributed by atoms with Gasteiger partial charge in [-0.1, -0.05) is 33.4 Å². The van der Waals surface area contributed by atoms with Crippen LogP contribution in [-0.4, -0.2) is 10.8 Å². The number of ketones is 1. The maximum absolute atomic E-state index is 11.7. The third kappa shape index (κ3) is 2.64. The number of hydrogen-bond donors (Lipinski definition) is 0. The van der Waals surface area contributed by atoms with Gasteiger partial charge in [0.1, 0.15) is 5.52 Å². The van der Waals surface area contributed by atoms with Gasteiger partial charge in [0, 0.05) is 11.1 Å². The number of allylic oxidation sites excluding steroid dienone is 1. The van der Waals surface area contributed by atoms with Gasteiger partial charge < -0.3 is 0 Å². The molecule has 0 bridgehead atoms. The van der Waals surface area contributed by atoms with Crippen LogP contribution in [0.1, 0.15) is 48.8 Å². The number of aryl methyl sites for hydroxylation is 1. The molecule has 1 heterocycles. The molecule has 0 N–H and O–H groups in total. The van der Waals surface area contributed by atoms with Gasteiger partial charge in [0.05, 0.1) is 5.56 Å². The van der Waals surface area contributed by atoms with Crippen LogP contribution in [0.15, 0.2) is 24.8 Å². The first-order valence-electron chi connectivity index (χ1n) is 7.82. The fraction of sp³-hybridized carbons (Fsp3) is 0.400. The molecule has 22 heavy (non-hydrogen) atoms. The largest absolute Gasteiger partial charge is 0.289 e. The van der Waals surface area contributed by atoms with Crippen molar-refractivity contribution in [2.75, 3.05) is 0 Å². The number of hydrogen-bond acceptors (Lipinski definition) is 2. The summed E-state index contributed by atoms with van der Waals surface area (Å²) < 4.78 is 0. The summed E-state index contributed by atoms with van der Waals surface area (Å²) in [6.45, 7) is 10.4. The van der Waals surface area contributed by atoms with Crippen LogP contribution in [0.3, 0.4) is 0 Å². The molecule has 0 amide bonds. The van der Waals surface area contributed by atoms with Gasteiger partial charge in [0.25, 0.3) is 0 Å². The molecule has 112 valence electrons. The van der Waals surface area contributed by atoms with Crippen molar-refractivity contribution in [3.8, 4) is 0 Å². The molecule has 2 aromatic rings. The van der Waals surface area contributed by atoms with Crippen molar-refractivity contribution in [1.29, 1.82) is 0 Å². The molecule has 1 aromatic carbocycles. The summed E-state index contributed by atoms with van der Waals surface area (Å²) in [5.41, 5.74) is 4.12. The van der Waals surface area contributed by atoms with Gasteiger partial charge in [-0.3, -0.25) is 4.79 Å². The van der Waals surface area contributed by atoms with E-state index in [1.165, 1.54) is 23.8 Å². The molecule has 1 aliphatic rings. The van der Waals surface area contributed by atoms with Crippen molar-refractivity contribution in [3.05, 3.63) is 53.7 Å². The van der Waals surface area contributed by atoms with Crippen LogP contribution in [0, 0.1) is 23.5 Å². The maximum Gasteiger partial charge on any atom is 0.193 e. The highest BCUT2D eigenvalue weighted by Gasteiger charge is 2.29. The Bertz CT molecular complexity index is 752. The Morgan fingerprint density at radius 3 is 2.82 bits per heavy atom. The topological polar surface area (TPSA) is 30.0 Å². The average Bonchev–Trinajstić information content (AvgIpc) is 2.50. The second-order valence-corrected chi connectivity index (χ2v) is 7.21. The number of fused-ring (bicyclic) bond motifs is 2. The summed E-state index contributed by atoms with van der Waals surface area (Å²) in [7, 11) is 0. The van der Waals surface area contributed by atoms with E-state index in [4.69, 9.17) is 4.98 Å². The predicted molar refractivity (Wildman–Crippen MR) is 88.9 cm³/mol. The molecular weight excluding hydrogens is 270 g/mol. The molecule has 0 spiro atoms. The van der Waals surface area contributed by atoms with E-state index in [0.29, 0.717) is 16.9 Å². The summed E-state index contributed by atoms with van der Waals surface area (Å²) in [5.74, 6) is 0.552. The third-order valence-corrected chi connectivity index (χ3v) is 4.71. The quantitative estimate of drug-likeness (QED) is 0.608. The Morgan fingerprint density at radius 1 is 1.36 bits per heavy atom. The molecule has 1 aromatic heterocycles. The van der Waals surface area contributed by atoms with Crippen LogP contribution in [0.2, 0.25) is 0 Å². The summed E-state index contributed by atoms with van der Waals surface area (Å²) in [6.07, 6.45) is 4.58. The van der Waals surface area contributed by atoms with Gasteiger partial charge >= 0.3 is 0 Å². The van der Waals surface area contributed by atoms with E-state index >= 15 is 0 Å². The Morgan fingerprint density at radius 2 is 2.14 bits per heavy atom. The molecule has 0 saturated carbocycles. The van der Waals surface area contributed by atoms with Crippen molar-refractivity contribution in [3.63, 3.8) is 0 Å². The molecule has 1 unspecified atom stereocenters. The fourth-order valence-electron chi connectivity index (χ4n) is 3.19. The van der Waals surface area contributed by atoms with Crippen LogP contribution in [0.25, 0.3) is 10.9 Å². The molecule has 0 radical (unpaired) electrons. The van der Waals surface area contributed by atoms with Crippen LogP contribution in [-0.2, 0) is 12.8 Å². The Kier molecular flexibility index (Phi) is 3.53. The van der Waals surface area contributed by atoms with E-state index in [-0.39, 0.29) is 5.78 Å². The lowest BCUT2D eigenvalue weighted by molar-refractivity contribution is 0.104. The number of carbonyl (C=O) groups excluding carboxylic acids is 1. The highest BCUT2D eigenvalue weighted by Crippen LogP contribution is 2.37. The van der Waals surface area contributed by atoms with Crippen LogP contribution < -0.4 is 0 Å².